The van der Waals surface area contributed by atoms with Crippen LogP contribution >= 0.6 is 0 Å². The lowest BCUT2D eigenvalue weighted by molar-refractivity contribution is -0.116. The van der Waals surface area contributed by atoms with Gasteiger partial charge in [-0.05, 0) is 31.5 Å². The van der Waals surface area contributed by atoms with Crippen molar-refractivity contribution in [3.05, 3.63) is 65.2 Å². The highest BCUT2D eigenvalue weighted by Crippen LogP contribution is 2.16. The normalized spacial score (nSPS) is 10.3. The topological polar surface area (TPSA) is 67.4 Å². The predicted octanol–water partition coefficient (Wildman–Crippen LogP) is 3.29. The lowest BCUT2D eigenvalue weighted by Crippen LogP contribution is -2.22. The summed E-state index contributed by atoms with van der Waals surface area (Å²) in [5.41, 5.74) is 3.25. The Labute approximate surface area is 148 Å². The van der Waals surface area contributed by atoms with Gasteiger partial charge in [-0.1, -0.05) is 42.0 Å². The summed E-state index contributed by atoms with van der Waals surface area (Å²) in [6.45, 7) is 5.37. The molecule has 132 valence electrons. The minimum absolute atomic E-state index is 0.145. The van der Waals surface area contributed by atoms with E-state index in [1.165, 1.54) is 11.1 Å². The molecule has 0 unspecified atom stereocenters. The van der Waals surface area contributed by atoms with Crippen molar-refractivity contribution in [3.8, 4) is 0 Å². The summed E-state index contributed by atoms with van der Waals surface area (Å²) in [7, 11) is 0. The molecule has 2 aromatic rings. The number of anilines is 1. The predicted molar refractivity (Wildman–Crippen MR) is 98.5 cm³/mol. The summed E-state index contributed by atoms with van der Waals surface area (Å²) >= 11 is 0. The van der Waals surface area contributed by atoms with Gasteiger partial charge < -0.3 is 15.4 Å². The van der Waals surface area contributed by atoms with Crippen molar-refractivity contribution in [1.82, 2.24) is 5.32 Å². The molecule has 2 aromatic carbocycles. The van der Waals surface area contributed by atoms with Crippen molar-refractivity contribution in [2.75, 3.05) is 18.5 Å². The summed E-state index contributed by atoms with van der Waals surface area (Å²) in [6, 6.07) is 15.1. The largest absolute Gasteiger partial charge is 0.462 e. The van der Waals surface area contributed by atoms with Crippen molar-refractivity contribution in [1.29, 1.82) is 0 Å². The molecule has 25 heavy (non-hydrogen) atoms. The van der Waals surface area contributed by atoms with Crippen molar-refractivity contribution >= 4 is 17.6 Å². The van der Waals surface area contributed by atoms with Crippen LogP contribution in [-0.2, 0) is 16.1 Å². The number of amides is 1. The molecule has 5 nitrogen and oxygen atoms in total. The van der Waals surface area contributed by atoms with E-state index < -0.39 is 5.97 Å². The highest BCUT2D eigenvalue weighted by Gasteiger charge is 2.13. The van der Waals surface area contributed by atoms with Gasteiger partial charge >= 0.3 is 5.97 Å². The van der Waals surface area contributed by atoms with Crippen LogP contribution in [0.25, 0.3) is 0 Å². The number of esters is 1. The summed E-state index contributed by atoms with van der Waals surface area (Å²) in [5.74, 6) is -0.580. The van der Waals surface area contributed by atoms with Gasteiger partial charge in [0.15, 0.2) is 0 Å². The van der Waals surface area contributed by atoms with Crippen LogP contribution < -0.4 is 10.6 Å². The highest BCUT2D eigenvalue weighted by atomic mass is 16.5. The van der Waals surface area contributed by atoms with Gasteiger partial charge in [0.05, 0.1) is 17.9 Å². The van der Waals surface area contributed by atoms with Crippen LogP contribution in [0.15, 0.2) is 48.5 Å². The molecule has 0 saturated heterocycles. The van der Waals surface area contributed by atoms with E-state index in [1.807, 2.05) is 0 Å². The number of carbonyl (C=O) groups excluding carboxylic acids is 2. The van der Waals surface area contributed by atoms with E-state index in [0.29, 0.717) is 37.4 Å². The van der Waals surface area contributed by atoms with Crippen molar-refractivity contribution in [3.63, 3.8) is 0 Å². The molecule has 2 N–H and O–H groups in total. The Morgan fingerprint density at radius 2 is 1.76 bits per heavy atom. The van der Waals surface area contributed by atoms with Gasteiger partial charge in [0.25, 0.3) is 0 Å². The van der Waals surface area contributed by atoms with Crippen molar-refractivity contribution < 1.29 is 14.3 Å². The molecule has 0 atom stereocenters. The van der Waals surface area contributed by atoms with E-state index in [9.17, 15) is 9.59 Å². The zero-order valence-electron chi connectivity index (χ0n) is 14.7. The Kier molecular flexibility index (Phi) is 7.16. The number of hydrogen-bond donors (Lipinski definition) is 2. The molecule has 5 heteroatoms. The Balaban J connectivity index is 1.80. The van der Waals surface area contributed by atoms with Gasteiger partial charge in [-0.3, -0.25) is 4.79 Å². The lowest BCUT2D eigenvalue weighted by Gasteiger charge is -2.10. The Morgan fingerprint density at radius 3 is 2.48 bits per heavy atom. The maximum absolute atomic E-state index is 12.1. The first kappa shape index (κ1) is 18.7. The first-order chi connectivity index (χ1) is 12.1. The van der Waals surface area contributed by atoms with E-state index in [1.54, 1.807) is 31.2 Å². The van der Waals surface area contributed by atoms with Crippen LogP contribution in [0.2, 0.25) is 0 Å². The molecule has 0 heterocycles. The Bertz CT molecular complexity index is 711. The minimum Gasteiger partial charge on any atom is -0.462 e. The van der Waals surface area contributed by atoms with Crippen LogP contribution in [0.4, 0.5) is 5.69 Å². The van der Waals surface area contributed by atoms with Crippen LogP contribution in [0.3, 0.4) is 0 Å². The standard InChI is InChI=1S/C20H24N2O3/c1-3-25-20(24)17-6-4-5-7-18(17)22-19(23)12-13-21-14-16-10-8-15(2)9-11-16/h4-11,21H,3,12-14H2,1-2H3,(H,22,23). The number of benzene rings is 2. The van der Waals surface area contributed by atoms with Crippen LogP contribution in [-0.4, -0.2) is 25.0 Å². The number of ether oxygens (including phenoxy) is 1. The molecular weight excluding hydrogens is 316 g/mol. The average molecular weight is 340 g/mol. The SMILES string of the molecule is CCOC(=O)c1ccccc1NC(=O)CCNCc1ccc(C)cc1. The first-order valence-electron chi connectivity index (χ1n) is 8.42. The molecule has 0 bridgehead atoms. The highest BCUT2D eigenvalue weighted by molar-refractivity contribution is 6.01. The molecule has 0 aliphatic rings. The second kappa shape index (κ2) is 9.59. The summed E-state index contributed by atoms with van der Waals surface area (Å²) in [4.78, 5) is 24.0. The maximum Gasteiger partial charge on any atom is 0.340 e. The van der Waals surface area contributed by atoms with Gasteiger partial charge in [0.2, 0.25) is 5.91 Å². The molecule has 1 amide bonds. The maximum atomic E-state index is 12.1. The fourth-order valence-corrected chi connectivity index (χ4v) is 2.33. The van der Waals surface area contributed by atoms with Crippen LogP contribution in [0, 0.1) is 6.92 Å². The molecule has 0 aliphatic carbocycles. The number of hydrogen-bond acceptors (Lipinski definition) is 4. The van der Waals surface area contributed by atoms with Gasteiger partial charge in [-0.15, -0.1) is 0 Å². The van der Waals surface area contributed by atoms with Gasteiger partial charge in [-0.2, -0.15) is 0 Å². The third-order valence-corrected chi connectivity index (χ3v) is 3.68. The first-order valence-corrected chi connectivity index (χ1v) is 8.42. The minimum atomic E-state index is -0.434. The Morgan fingerprint density at radius 1 is 1.04 bits per heavy atom. The van der Waals surface area contributed by atoms with E-state index >= 15 is 0 Å². The fraction of sp³-hybridized carbons (Fsp3) is 0.300. The van der Waals surface area contributed by atoms with Gasteiger partial charge in [0, 0.05) is 19.5 Å². The number of para-hydroxylation sites is 1. The smallest absolute Gasteiger partial charge is 0.340 e. The number of rotatable bonds is 8. The van der Waals surface area contributed by atoms with Gasteiger partial charge in [-0.25, -0.2) is 4.79 Å². The third-order valence-electron chi connectivity index (χ3n) is 3.68. The molecule has 0 fully saturated rings. The summed E-state index contributed by atoms with van der Waals surface area (Å²) < 4.78 is 5.00. The number of aryl methyl sites for hydroxylation is 1. The van der Waals surface area contributed by atoms with Crippen molar-refractivity contribution in [2.45, 2.75) is 26.8 Å². The molecular formula is C20H24N2O3. The summed E-state index contributed by atoms with van der Waals surface area (Å²) in [6.07, 6.45) is 0.322. The van der Waals surface area contributed by atoms with Crippen LogP contribution in [0.1, 0.15) is 34.8 Å². The molecule has 2 rings (SSSR count). The lowest BCUT2D eigenvalue weighted by atomic mass is 10.1. The molecule has 0 saturated carbocycles. The monoisotopic (exact) mass is 340 g/mol. The molecule has 0 spiro atoms. The average Bonchev–Trinajstić information content (AvgIpc) is 2.61. The van der Waals surface area contributed by atoms with Crippen molar-refractivity contribution in [2.24, 2.45) is 0 Å². The fourth-order valence-electron chi connectivity index (χ4n) is 2.33. The molecule has 0 aromatic heterocycles. The second-order valence-electron chi connectivity index (χ2n) is 5.73. The van der Waals surface area contributed by atoms with E-state index in [4.69, 9.17) is 4.74 Å². The molecule has 0 radical (unpaired) electrons. The molecule has 0 aliphatic heterocycles. The summed E-state index contributed by atoms with van der Waals surface area (Å²) in [5, 5.41) is 6.02. The Hall–Kier alpha value is -2.66. The van der Waals surface area contributed by atoms with Crippen LogP contribution in [0.5, 0.6) is 0 Å². The zero-order valence-corrected chi connectivity index (χ0v) is 14.7. The number of nitrogens with one attached hydrogen (secondary N) is 2. The quantitative estimate of drug-likeness (QED) is 0.572. The van der Waals surface area contributed by atoms with Gasteiger partial charge in [0.1, 0.15) is 0 Å². The zero-order chi connectivity index (χ0) is 18.1. The number of carbonyl (C=O) groups is 2. The van der Waals surface area contributed by atoms with E-state index in [0.717, 1.165) is 0 Å². The van der Waals surface area contributed by atoms with E-state index in [2.05, 4.69) is 41.8 Å². The second-order valence-corrected chi connectivity index (χ2v) is 5.73. The van der Waals surface area contributed by atoms with E-state index in [-0.39, 0.29) is 5.91 Å². The third kappa shape index (κ3) is 6.04.